The first kappa shape index (κ1) is 33.0. The van der Waals surface area contributed by atoms with E-state index in [1.54, 1.807) is 0 Å². The molecule has 1 aliphatic carbocycles. The van der Waals surface area contributed by atoms with E-state index in [1.165, 1.54) is 71.0 Å². The van der Waals surface area contributed by atoms with Gasteiger partial charge in [-0.05, 0) is 83.1 Å². The predicted octanol–water partition coefficient (Wildman–Crippen LogP) is 6.35. The predicted molar refractivity (Wildman–Crippen MR) is 141 cm³/mol. The number of likely N-dealkylation sites (tertiary alicyclic amines) is 1. The number of rotatable bonds is 9. The Balaban J connectivity index is 0. The highest BCUT2D eigenvalue weighted by Gasteiger charge is 2.46. The van der Waals surface area contributed by atoms with Crippen LogP contribution in [0.3, 0.4) is 0 Å². The number of nitrogens with one attached hydrogen (secondary N) is 2. The second-order valence-corrected chi connectivity index (χ2v) is 10.7. The molecular formula is C27H61N3O. The molecular weight excluding hydrogens is 382 g/mol. The third-order valence-corrected chi connectivity index (χ3v) is 7.03. The van der Waals surface area contributed by atoms with E-state index < -0.39 is 0 Å². The van der Waals surface area contributed by atoms with Crippen molar-refractivity contribution in [2.75, 3.05) is 40.3 Å². The fraction of sp³-hybridized carbons (Fsp3) is 1.00. The van der Waals surface area contributed by atoms with Crippen LogP contribution < -0.4 is 10.6 Å². The molecule has 2 rings (SSSR count). The highest BCUT2D eigenvalue weighted by molar-refractivity contribution is 5.00. The van der Waals surface area contributed by atoms with Crippen molar-refractivity contribution in [1.82, 2.24) is 15.5 Å². The van der Waals surface area contributed by atoms with E-state index in [1.807, 2.05) is 0 Å². The largest absolute Gasteiger partial charge is 0.378 e. The summed E-state index contributed by atoms with van der Waals surface area (Å²) in [5.41, 5.74) is 0.626. The maximum Gasteiger partial charge on any atom is 0.0586 e. The van der Waals surface area contributed by atoms with Gasteiger partial charge in [-0.2, -0.15) is 0 Å². The molecule has 2 fully saturated rings. The lowest BCUT2D eigenvalue weighted by atomic mass is 9.60. The monoisotopic (exact) mass is 443 g/mol. The van der Waals surface area contributed by atoms with E-state index >= 15 is 0 Å². The van der Waals surface area contributed by atoms with Crippen LogP contribution in [0.4, 0.5) is 0 Å². The minimum Gasteiger partial charge on any atom is -0.378 e. The van der Waals surface area contributed by atoms with Crippen molar-refractivity contribution in [3.8, 4) is 0 Å². The van der Waals surface area contributed by atoms with Crippen molar-refractivity contribution in [2.45, 2.75) is 126 Å². The molecule has 2 N–H and O–H groups in total. The third-order valence-electron chi connectivity index (χ3n) is 7.03. The molecule has 4 nitrogen and oxygen atoms in total. The van der Waals surface area contributed by atoms with Crippen LogP contribution in [0.15, 0.2) is 0 Å². The first-order valence-electron chi connectivity index (χ1n) is 12.4. The zero-order chi connectivity index (χ0) is 21.9. The number of piperidine rings is 1. The first-order valence-corrected chi connectivity index (χ1v) is 12.4. The molecule has 0 radical (unpaired) electrons. The summed E-state index contributed by atoms with van der Waals surface area (Å²) in [5.74, 6) is 0. The third kappa shape index (κ3) is 11.5. The number of unbranched alkanes of at least 4 members (excludes halogenated alkanes) is 2. The van der Waals surface area contributed by atoms with Crippen LogP contribution in [-0.2, 0) is 4.74 Å². The Bertz CT molecular complexity index is 399. The maximum absolute atomic E-state index is 6.06. The minimum atomic E-state index is 0. The van der Waals surface area contributed by atoms with Crippen molar-refractivity contribution in [3.05, 3.63) is 0 Å². The molecule has 0 unspecified atom stereocenters. The van der Waals surface area contributed by atoms with Gasteiger partial charge in [-0.15, -0.1) is 0 Å². The fourth-order valence-corrected chi connectivity index (χ4v) is 5.66. The Morgan fingerprint density at radius 2 is 1.35 bits per heavy atom. The number of hydrogen-bond donors (Lipinski definition) is 2. The van der Waals surface area contributed by atoms with Crippen LogP contribution >= 0.6 is 0 Å². The van der Waals surface area contributed by atoms with Gasteiger partial charge in [0.1, 0.15) is 0 Å². The first-order chi connectivity index (χ1) is 13.7. The van der Waals surface area contributed by atoms with Crippen LogP contribution in [-0.4, -0.2) is 63.4 Å². The van der Waals surface area contributed by atoms with Gasteiger partial charge >= 0.3 is 0 Å². The molecule has 1 saturated carbocycles. The average Bonchev–Trinajstić information content (AvgIpc) is 2.66. The smallest absolute Gasteiger partial charge is 0.0586 e. The van der Waals surface area contributed by atoms with Gasteiger partial charge in [0.15, 0.2) is 0 Å². The Morgan fingerprint density at radius 3 is 1.77 bits per heavy atom. The highest BCUT2D eigenvalue weighted by Crippen LogP contribution is 2.46. The van der Waals surface area contributed by atoms with E-state index in [2.05, 4.69) is 71.2 Å². The van der Waals surface area contributed by atoms with Gasteiger partial charge in [0.2, 0.25) is 0 Å². The zero-order valence-electron chi connectivity index (χ0n) is 21.1. The lowest BCUT2D eigenvalue weighted by Gasteiger charge is -2.51. The number of hydrogen-bond acceptors (Lipinski definition) is 4. The molecule has 1 aliphatic heterocycles. The normalized spacial score (nSPS) is 25.5. The summed E-state index contributed by atoms with van der Waals surface area (Å²) in [6.07, 6.45) is 10.6. The van der Waals surface area contributed by atoms with E-state index in [0.717, 1.165) is 12.6 Å². The Kier molecular flexibility index (Phi) is 17.5. The van der Waals surface area contributed by atoms with Crippen LogP contribution in [0, 0.1) is 10.8 Å². The number of ether oxygens (including phenoxy) is 1. The highest BCUT2D eigenvalue weighted by atomic mass is 16.5. The summed E-state index contributed by atoms with van der Waals surface area (Å²) in [4.78, 5) is 2.59. The van der Waals surface area contributed by atoms with Crippen molar-refractivity contribution in [2.24, 2.45) is 10.8 Å². The van der Waals surface area contributed by atoms with Gasteiger partial charge in [0, 0.05) is 18.7 Å². The molecule has 0 amide bonds. The van der Waals surface area contributed by atoms with Crippen LogP contribution in [0.2, 0.25) is 0 Å². The average molecular weight is 444 g/mol. The lowest BCUT2D eigenvalue weighted by Crippen LogP contribution is -2.56. The maximum atomic E-state index is 6.06. The summed E-state index contributed by atoms with van der Waals surface area (Å²) in [5, 5.41) is 6.87. The molecule has 2 aliphatic rings. The fourth-order valence-electron chi connectivity index (χ4n) is 5.66. The summed E-state index contributed by atoms with van der Waals surface area (Å²) in [6, 6.07) is 1.35. The van der Waals surface area contributed by atoms with Gasteiger partial charge in [0.05, 0.1) is 6.10 Å². The minimum absolute atomic E-state index is 0. The molecule has 0 spiro atoms. The van der Waals surface area contributed by atoms with E-state index in [4.69, 9.17) is 4.74 Å². The summed E-state index contributed by atoms with van der Waals surface area (Å²) >= 11 is 0. The van der Waals surface area contributed by atoms with Crippen molar-refractivity contribution < 1.29 is 4.74 Å². The second-order valence-electron chi connectivity index (χ2n) is 10.7. The van der Waals surface area contributed by atoms with Crippen molar-refractivity contribution in [1.29, 1.82) is 0 Å². The van der Waals surface area contributed by atoms with Crippen molar-refractivity contribution >= 4 is 0 Å². The molecule has 1 saturated heterocycles. The Morgan fingerprint density at radius 1 is 0.839 bits per heavy atom. The molecule has 0 aromatic heterocycles. The molecule has 0 atom stereocenters. The molecule has 31 heavy (non-hydrogen) atoms. The van der Waals surface area contributed by atoms with Crippen LogP contribution in [0.5, 0.6) is 0 Å². The van der Waals surface area contributed by atoms with Gasteiger partial charge < -0.3 is 20.3 Å². The lowest BCUT2D eigenvalue weighted by molar-refractivity contribution is -0.0697. The van der Waals surface area contributed by atoms with E-state index in [9.17, 15) is 0 Å². The van der Waals surface area contributed by atoms with Crippen LogP contribution in [0.1, 0.15) is 108 Å². The standard InChI is InChI=1S/C15H31NO.C10H22N2.2CH4/c1-7-8-9-17-12-10-14(2,3)13(16-6)15(4,5)11-12;1-3-4-7-12-8-5-10(11-2)6-9-12;;/h12-13,16H,7-11H2,1-6H3;10-11H,3-9H2,1-2H3;2*1H4. The van der Waals surface area contributed by atoms with Gasteiger partial charge in [-0.3, -0.25) is 0 Å². The zero-order valence-corrected chi connectivity index (χ0v) is 21.1. The summed E-state index contributed by atoms with van der Waals surface area (Å²) in [6.45, 7) is 18.8. The number of nitrogens with zero attached hydrogens (tertiary/aromatic N) is 1. The SMILES string of the molecule is C.C.CCCCN1CCC(NC)CC1.CCCCOC1CC(C)(C)C(NC)C(C)(C)C1. The molecule has 0 aromatic rings. The molecule has 0 aromatic carbocycles. The van der Waals surface area contributed by atoms with Gasteiger partial charge in [0.25, 0.3) is 0 Å². The van der Waals surface area contributed by atoms with Crippen LogP contribution in [0.25, 0.3) is 0 Å². The quantitative estimate of drug-likeness (QED) is 0.407. The van der Waals surface area contributed by atoms with E-state index in [0.29, 0.717) is 23.0 Å². The van der Waals surface area contributed by atoms with Crippen molar-refractivity contribution in [3.63, 3.8) is 0 Å². The molecule has 190 valence electrons. The Labute approximate surface area is 197 Å². The molecule has 0 bridgehead atoms. The second kappa shape index (κ2) is 16.5. The van der Waals surface area contributed by atoms with E-state index in [-0.39, 0.29) is 14.9 Å². The summed E-state index contributed by atoms with van der Waals surface area (Å²) in [7, 11) is 4.17. The molecule has 1 heterocycles. The topological polar surface area (TPSA) is 36.5 Å². The summed E-state index contributed by atoms with van der Waals surface area (Å²) < 4.78 is 6.06. The van der Waals surface area contributed by atoms with Gasteiger partial charge in [-0.1, -0.05) is 69.2 Å². The molecule has 4 heteroatoms. The Hall–Kier alpha value is -0.160. The van der Waals surface area contributed by atoms with Gasteiger partial charge in [-0.25, -0.2) is 0 Å².